The number of nitrogen functional groups attached to an aromatic ring is 1. The maximum atomic E-state index is 12.9. The molecule has 0 aliphatic heterocycles. The van der Waals surface area contributed by atoms with E-state index in [0.29, 0.717) is 24.0 Å². The average Bonchev–Trinajstić information content (AvgIpc) is 3.45. The number of nitrogens with two attached hydrogens (primary N) is 1. The summed E-state index contributed by atoms with van der Waals surface area (Å²) in [6.07, 6.45) is 7.39. The van der Waals surface area contributed by atoms with E-state index in [4.69, 9.17) is 15.1 Å². The first-order valence-corrected chi connectivity index (χ1v) is 10.8. The van der Waals surface area contributed by atoms with E-state index in [0.717, 1.165) is 18.4 Å². The molecule has 1 aromatic carbocycles. The minimum atomic E-state index is -0.498. The number of nitrogens with zero attached hydrogens (tertiary/aromatic N) is 7. The summed E-state index contributed by atoms with van der Waals surface area (Å²) in [5.41, 5.74) is 9.81. The lowest BCUT2D eigenvalue weighted by Crippen LogP contribution is -2.34. The van der Waals surface area contributed by atoms with Gasteiger partial charge in [-0.25, -0.2) is 10.1 Å². The maximum absolute atomic E-state index is 12.9. The van der Waals surface area contributed by atoms with Crippen LogP contribution in [0.2, 0.25) is 0 Å². The first kappa shape index (κ1) is 22.4. The van der Waals surface area contributed by atoms with Gasteiger partial charge >= 0.3 is 0 Å². The molecular formula is C21H27N9O3. The number of carbonyl (C=O) groups is 1. The van der Waals surface area contributed by atoms with Crippen LogP contribution >= 0.6 is 0 Å². The normalized spacial score (nSPS) is 14.8. The van der Waals surface area contributed by atoms with Gasteiger partial charge in [0, 0.05) is 12.6 Å². The van der Waals surface area contributed by atoms with Crippen molar-refractivity contribution in [3.8, 4) is 11.6 Å². The Bertz CT molecular complexity index is 1120. The minimum absolute atomic E-state index is 0.0597. The zero-order valence-corrected chi connectivity index (χ0v) is 18.6. The summed E-state index contributed by atoms with van der Waals surface area (Å²) in [7, 11) is 3.62. The Morgan fingerprint density at radius 2 is 2.18 bits per heavy atom. The van der Waals surface area contributed by atoms with E-state index in [-0.39, 0.29) is 17.3 Å². The summed E-state index contributed by atoms with van der Waals surface area (Å²) in [4.78, 5) is 15.1. The molecule has 0 unspecified atom stereocenters. The van der Waals surface area contributed by atoms with Crippen LogP contribution in [-0.4, -0.2) is 62.5 Å². The van der Waals surface area contributed by atoms with Crippen LogP contribution < -0.4 is 15.9 Å². The first-order valence-electron chi connectivity index (χ1n) is 10.8. The van der Waals surface area contributed by atoms with E-state index in [1.807, 2.05) is 25.2 Å². The smallest absolute Gasteiger partial charge is 0.293 e. The molecular weight excluding hydrogens is 426 g/mol. The second kappa shape index (κ2) is 10.2. The number of hydrogen-bond acceptors (Lipinski definition) is 10. The van der Waals surface area contributed by atoms with Gasteiger partial charge in [0.25, 0.3) is 5.91 Å². The minimum Gasteiger partial charge on any atom is -0.497 e. The summed E-state index contributed by atoms with van der Waals surface area (Å²) >= 11 is 0. The molecule has 4 rings (SSSR count). The van der Waals surface area contributed by atoms with Crippen LogP contribution in [0.4, 0.5) is 5.82 Å². The van der Waals surface area contributed by atoms with Gasteiger partial charge in [-0.15, -0.1) is 5.10 Å². The van der Waals surface area contributed by atoms with Crippen molar-refractivity contribution in [3.63, 3.8) is 0 Å². The van der Waals surface area contributed by atoms with Crippen molar-refractivity contribution < 1.29 is 14.2 Å². The number of nitrogens with one attached hydrogen (secondary N) is 1. The fraction of sp³-hybridized carbons (Fsp3) is 0.429. The molecule has 12 heteroatoms. The highest BCUT2D eigenvalue weighted by molar-refractivity contribution is 5.94. The lowest BCUT2D eigenvalue weighted by molar-refractivity contribution is 0.0947. The highest BCUT2D eigenvalue weighted by atomic mass is 16.6. The summed E-state index contributed by atoms with van der Waals surface area (Å²) in [6, 6.07) is 7.73. The summed E-state index contributed by atoms with van der Waals surface area (Å²) in [6.45, 7) is 0.423. The second-order valence-corrected chi connectivity index (χ2v) is 7.95. The zero-order valence-electron chi connectivity index (χ0n) is 18.6. The van der Waals surface area contributed by atoms with Gasteiger partial charge in [-0.1, -0.05) is 36.6 Å². The van der Waals surface area contributed by atoms with Gasteiger partial charge in [0.15, 0.2) is 5.69 Å². The molecule has 1 amide bonds. The number of methoxy groups -OCH3 is 1. The Morgan fingerprint density at radius 1 is 1.36 bits per heavy atom. The number of hydrogen-bond donors (Lipinski definition) is 2. The molecule has 2 aromatic heterocycles. The highest BCUT2D eigenvalue weighted by Crippen LogP contribution is 2.24. The van der Waals surface area contributed by atoms with E-state index in [9.17, 15) is 4.79 Å². The van der Waals surface area contributed by atoms with Gasteiger partial charge in [-0.05, 0) is 47.9 Å². The second-order valence-electron chi connectivity index (χ2n) is 7.95. The van der Waals surface area contributed by atoms with Gasteiger partial charge in [-0.3, -0.25) is 9.69 Å². The molecule has 2 heterocycles. The fourth-order valence-electron chi connectivity index (χ4n) is 3.96. The topological polar surface area (TPSA) is 150 Å². The predicted octanol–water partition coefficient (Wildman–Crippen LogP) is 1.77. The molecule has 0 saturated heterocycles. The maximum Gasteiger partial charge on any atom is 0.293 e. The third-order valence-electron chi connectivity index (χ3n) is 5.75. The number of anilines is 1. The number of ether oxygens (including phenoxy) is 1. The van der Waals surface area contributed by atoms with Crippen LogP contribution in [0.15, 0.2) is 34.0 Å². The Balaban J connectivity index is 1.56. The van der Waals surface area contributed by atoms with Gasteiger partial charge in [0.05, 0.1) is 19.0 Å². The van der Waals surface area contributed by atoms with Crippen LogP contribution in [0.25, 0.3) is 5.82 Å². The first-order chi connectivity index (χ1) is 16.1. The zero-order chi connectivity index (χ0) is 23.2. The quantitative estimate of drug-likeness (QED) is 0.384. The van der Waals surface area contributed by atoms with Gasteiger partial charge in [0.2, 0.25) is 11.6 Å². The van der Waals surface area contributed by atoms with Crippen molar-refractivity contribution in [2.45, 2.75) is 44.7 Å². The third kappa shape index (κ3) is 5.17. The van der Waals surface area contributed by atoms with Crippen molar-refractivity contribution in [3.05, 3.63) is 41.2 Å². The molecule has 1 aliphatic rings. The Hall–Kier alpha value is -3.80. The molecule has 1 fully saturated rings. The number of carbonyl (C=O) groups excluding carboxylic acids is 1. The van der Waals surface area contributed by atoms with Crippen LogP contribution in [0.5, 0.6) is 5.75 Å². The van der Waals surface area contributed by atoms with Crippen molar-refractivity contribution in [1.29, 1.82) is 0 Å². The van der Waals surface area contributed by atoms with E-state index in [1.165, 1.54) is 30.2 Å². The van der Waals surface area contributed by atoms with Crippen LogP contribution in [0.3, 0.4) is 0 Å². The largest absolute Gasteiger partial charge is 0.497 e. The third-order valence-corrected chi connectivity index (χ3v) is 5.75. The standard InChI is InChI=1S/C21H27N9O3/c1-29(15-8-4-3-5-9-15)13-17-18(24-28-30(17)20-19(22)26-33-27-20)21(31)25-23-12-14-7-6-10-16(11-14)32-2/h6-7,10-12,15H,3-5,8-9,13H2,1-2H3,(H2,22,26)(H,25,31). The molecule has 1 saturated carbocycles. The average molecular weight is 454 g/mol. The van der Waals surface area contributed by atoms with Gasteiger partial charge < -0.3 is 10.5 Å². The molecule has 3 aromatic rings. The summed E-state index contributed by atoms with van der Waals surface area (Å²) in [5.74, 6) is 0.445. The monoisotopic (exact) mass is 453 g/mol. The lowest BCUT2D eigenvalue weighted by atomic mass is 9.94. The van der Waals surface area contributed by atoms with Crippen molar-refractivity contribution in [1.82, 2.24) is 35.6 Å². The van der Waals surface area contributed by atoms with Crippen molar-refractivity contribution >= 4 is 17.9 Å². The number of amides is 1. The Morgan fingerprint density at radius 3 is 2.91 bits per heavy atom. The summed E-state index contributed by atoms with van der Waals surface area (Å²) < 4.78 is 11.3. The van der Waals surface area contributed by atoms with E-state index < -0.39 is 5.91 Å². The Kier molecular flexibility index (Phi) is 6.93. The van der Waals surface area contributed by atoms with Gasteiger partial charge in [-0.2, -0.15) is 9.78 Å². The number of aromatic nitrogens is 5. The van der Waals surface area contributed by atoms with Crippen LogP contribution in [0.1, 0.15) is 53.8 Å². The van der Waals surface area contributed by atoms with Crippen LogP contribution in [0, 0.1) is 0 Å². The molecule has 3 N–H and O–H groups in total. The molecule has 12 nitrogen and oxygen atoms in total. The highest BCUT2D eigenvalue weighted by Gasteiger charge is 2.27. The lowest BCUT2D eigenvalue weighted by Gasteiger charge is -2.31. The Labute approximate surface area is 190 Å². The summed E-state index contributed by atoms with van der Waals surface area (Å²) in [5, 5.41) is 19.7. The predicted molar refractivity (Wildman–Crippen MR) is 120 cm³/mol. The number of benzene rings is 1. The molecule has 0 radical (unpaired) electrons. The number of rotatable bonds is 8. The number of hydrazone groups is 1. The van der Waals surface area contributed by atoms with Crippen molar-refractivity contribution in [2.75, 3.05) is 19.9 Å². The molecule has 0 bridgehead atoms. The molecule has 0 atom stereocenters. The fourth-order valence-corrected chi connectivity index (χ4v) is 3.96. The molecule has 0 spiro atoms. The van der Waals surface area contributed by atoms with E-state index in [1.54, 1.807) is 13.2 Å². The van der Waals surface area contributed by atoms with Gasteiger partial charge in [0.1, 0.15) is 5.75 Å². The molecule has 174 valence electrons. The van der Waals surface area contributed by atoms with Crippen LogP contribution in [-0.2, 0) is 6.54 Å². The van der Waals surface area contributed by atoms with Crippen molar-refractivity contribution in [2.24, 2.45) is 5.10 Å². The van der Waals surface area contributed by atoms with E-state index in [2.05, 4.69) is 36.1 Å². The van der Waals surface area contributed by atoms with E-state index >= 15 is 0 Å². The molecule has 33 heavy (non-hydrogen) atoms. The SMILES string of the molecule is COc1cccc(C=NNC(=O)c2nnn(-c3nonc3N)c2CN(C)C2CCCCC2)c1. The molecule has 1 aliphatic carbocycles.